The summed E-state index contributed by atoms with van der Waals surface area (Å²) in [6.45, 7) is 7.57. The molecule has 4 rings (SSSR count). The minimum absolute atomic E-state index is 0.101. The van der Waals surface area contributed by atoms with E-state index in [1.54, 1.807) is 18.3 Å². The normalized spacial score (nSPS) is 23.1. The Morgan fingerprint density at radius 3 is 2.52 bits per heavy atom. The SMILES string of the molecule is CC1CN(c2cc3ncc(C(=O)NC4CCC(C(C)(C)O)CC4)cc3cc2F)C1. The van der Waals surface area contributed by atoms with Crippen molar-refractivity contribution in [1.29, 1.82) is 0 Å². The first kappa shape index (κ1) is 20.1. The Labute approximate surface area is 171 Å². The summed E-state index contributed by atoms with van der Waals surface area (Å²) in [6, 6.07) is 5.07. The van der Waals surface area contributed by atoms with E-state index < -0.39 is 5.60 Å². The van der Waals surface area contributed by atoms with Gasteiger partial charge in [0.05, 0.1) is 22.4 Å². The van der Waals surface area contributed by atoms with Crippen LogP contribution >= 0.6 is 0 Å². The van der Waals surface area contributed by atoms with Gasteiger partial charge in [-0.15, -0.1) is 0 Å². The van der Waals surface area contributed by atoms with E-state index in [4.69, 9.17) is 0 Å². The zero-order chi connectivity index (χ0) is 20.8. The third-order valence-electron chi connectivity index (χ3n) is 6.48. The lowest BCUT2D eigenvalue weighted by Gasteiger charge is -2.39. The molecule has 156 valence electrons. The molecule has 6 heteroatoms. The van der Waals surface area contributed by atoms with Crippen LogP contribution < -0.4 is 10.2 Å². The number of hydrogen-bond donors (Lipinski definition) is 2. The quantitative estimate of drug-likeness (QED) is 0.819. The Bertz CT molecular complexity index is 910. The van der Waals surface area contributed by atoms with Crippen molar-refractivity contribution in [1.82, 2.24) is 10.3 Å². The molecule has 2 N–H and O–H groups in total. The topological polar surface area (TPSA) is 65.5 Å². The van der Waals surface area contributed by atoms with Gasteiger partial charge in [0.1, 0.15) is 5.82 Å². The number of rotatable bonds is 4. The van der Waals surface area contributed by atoms with Crippen LogP contribution in [0.25, 0.3) is 10.9 Å². The molecular weight excluding hydrogens is 369 g/mol. The Morgan fingerprint density at radius 2 is 1.90 bits per heavy atom. The number of benzene rings is 1. The summed E-state index contributed by atoms with van der Waals surface area (Å²) in [4.78, 5) is 19.1. The molecule has 1 saturated heterocycles. The number of carbonyl (C=O) groups excluding carboxylic acids is 1. The number of nitrogens with zero attached hydrogens (tertiary/aromatic N) is 2. The van der Waals surface area contributed by atoms with Gasteiger partial charge in [-0.1, -0.05) is 6.92 Å². The summed E-state index contributed by atoms with van der Waals surface area (Å²) >= 11 is 0. The lowest BCUT2D eigenvalue weighted by Crippen LogP contribution is -2.45. The number of nitrogens with one attached hydrogen (secondary N) is 1. The molecule has 5 nitrogen and oxygen atoms in total. The molecule has 1 aliphatic carbocycles. The highest BCUT2D eigenvalue weighted by atomic mass is 19.1. The van der Waals surface area contributed by atoms with E-state index in [9.17, 15) is 14.3 Å². The average Bonchev–Trinajstić information content (AvgIpc) is 2.64. The molecule has 1 amide bonds. The number of fused-ring (bicyclic) bond motifs is 1. The van der Waals surface area contributed by atoms with Crippen LogP contribution in [0.3, 0.4) is 0 Å². The van der Waals surface area contributed by atoms with Crippen molar-refractivity contribution in [2.24, 2.45) is 11.8 Å². The fraction of sp³-hybridized carbons (Fsp3) is 0.565. The highest BCUT2D eigenvalue weighted by molar-refractivity contribution is 5.97. The summed E-state index contributed by atoms with van der Waals surface area (Å²) in [5.41, 5.74) is 1.06. The van der Waals surface area contributed by atoms with E-state index in [2.05, 4.69) is 17.2 Å². The molecular formula is C23H30FN3O2. The van der Waals surface area contributed by atoms with Crippen molar-refractivity contribution in [3.05, 3.63) is 35.8 Å². The van der Waals surface area contributed by atoms with E-state index >= 15 is 0 Å². The first-order valence-corrected chi connectivity index (χ1v) is 10.6. The van der Waals surface area contributed by atoms with E-state index in [0.717, 1.165) is 38.8 Å². The molecule has 0 unspecified atom stereocenters. The zero-order valence-electron chi connectivity index (χ0n) is 17.4. The summed E-state index contributed by atoms with van der Waals surface area (Å²) in [5, 5.41) is 13.9. The third-order valence-corrected chi connectivity index (χ3v) is 6.48. The van der Waals surface area contributed by atoms with Crippen LogP contribution in [0, 0.1) is 17.7 Å². The van der Waals surface area contributed by atoms with E-state index in [-0.39, 0.29) is 23.7 Å². The smallest absolute Gasteiger partial charge is 0.253 e. The number of aliphatic hydroxyl groups is 1. The van der Waals surface area contributed by atoms with Crippen LogP contribution in [0.1, 0.15) is 56.8 Å². The number of aromatic nitrogens is 1. The standard InChI is InChI=1S/C23H30FN3O2/c1-14-12-27(13-14)21-10-20-15(9-19(21)24)8-16(11-25-20)22(28)26-18-6-4-17(5-7-18)23(2,3)29/h8-11,14,17-18,29H,4-7,12-13H2,1-3H3,(H,26,28). The molecule has 2 aliphatic rings. The first-order chi connectivity index (χ1) is 13.7. The second kappa shape index (κ2) is 7.56. The number of hydrogen-bond acceptors (Lipinski definition) is 4. The van der Waals surface area contributed by atoms with Crippen molar-refractivity contribution in [3.8, 4) is 0 Å². The van der Waals surface area contributed by atoms with Crippen molar-refractivity contribution in [2.75, 3.05) is 18.0 Å². The Kier molecular flexibility index (Phi) is 5.23. The van der Waals surface area contributed by atoms with Crippen LogP contribution in [0.15, 0.2) is 24.4 Å². The van der Waals surface area contributed by atoms with Crippen LogP contribution in [-0.2, 0) is 0 Å². The minimum Gasteiger partial charge on any atom is -0.390 e. The van der Waals surface area contributed by atoms with Crippen molar-refractivity contribution < 1.29 is 14.3 Å². The average molecular weight is 400 g/mol. The van der Waals surface area contributed by atoms with Crippen molar-refractivity contribution in [3.63, 3.8) is 0 Å². The Morgan fingerprint density at radius 1 is 1.21 bits per heavy atom. The van der Waals surface area contributed by atoms with Crippen molar-refractivity contribution >= 4 is 22.5 Å². The van der Waals surface area contributed by atoms with Gasteiger partial charge in [0, 0.05) is 30.7 Å². The molecule has 29 heavy (non-hydrogen) atoms. The van der Waals surface area contributed by atoms with Gasteiger partial charge in [-0.05, 0) is 69.6 Å². The summed E-state index contributed by atoms with van der Waals surface area (Å²) in [7, 11) is 0. The molecule has 1 aliphatic heterocycles. The summed E-state index contributed by atoms with van der Waals surface area (Å²) in [6.07, 6.45) is 5.07. The second-order valence-corrected chi connectivity index (χ2v) is 9.41. The van der Waals surface area contributed by atoms with E-state index in [0.29, 0.717) is 28.1 Å². The Balaban J connectivity index is 1.44. The molecule has 0 atom stereocenters. The predicted molar refractivity (Wildman–Crippen MR) is 113 cm³/mol. The molecule has 0 radical (unpaired) electrons. The van der Waals surface area contributed by atoms with Crippen molar-refractivity contribution in [2.45, 2.75) is 58.1 Å². The Hall–Kier alpha value is -2.21. The molecule has 2 fully saturated rings. The first-order valence-electron chi connectivity index (χ1n) is 10.6. The maximum absolute atomic E-state index is 14.6. The summed E-state index contributed by atoms with van der Waals surface area (Å²) < 4.78 is 14.6. The number of anilines is 1. The largest absolute Gasteiger partial charge is 0.390 e. The fourth-order valence-corrected chi connectivity index (χ4v) is 4.61. The number of pyridine rings is 1. The van der Waals surface area contributed by atoms with Gasteiger partial charge in [-0.2, -0.15) is 0 Å². The van der Waals surface area contributed by atoms with Crippen LogP contribution in [0.5, 0.6) is 0 Å². The molecule has 1 aromatic carbocycles. The zero-order valence-corrected chi connectivity index (χ0v) is 17.4. The lowest BCUT2D eigenvalue weighted by atomic mass is 9.77. The van der Waals surface area contributed by atoms with Gasteiger partial charge in [0.25, 0.3) is 5.91 Å². The van der Waals surface area contributed by atoms with Gasteiger partial charge in [-0.25, -0.2) is 4.39 Å². The predicted octanol–water partition coefficient (Wildman–Crippen LogP) is 3.89. The lowest BCUT2D eigenvalue weighted by molar-refractivity contribution is -0.00257. The van der Waals surface area contributed by atoms with E-state index in [1.807, 2.05) is 18.7 Å². The molecule has 2 heterocycles. The van der Waals surface area contributed by atoms with Gasteiger partial charge >= 0.3 is 0 Å². The van der Waals surface area contributed by atoms with Gasteiger partial charge in [0.2, 0.25) is 0 Å². The van der Waals surface area contributed by atoms with Gasteiger partial charge in [-0.3, -0.25) is 9.78 Å². The second-order valence-electron chi connectivity index (χ2n) is 9.41. The minimum atomic E-state index is -0.672. The van der Waals surface area contributed by atoms with E-state index in [1.165, 1.54) is 6.07 Å². The van der Waals surface area contributed by atoms with Gasteiger partial charge < -0.3 is 15.3 Å². The fourth-order valence-electron chi connectivity index (χ4n) is 4.61. The molecule has 1 saturated carbocycles. The highest BCUT2D eigenvalue weighted by Crippen LogP contribution is 2.33. The number of carbonyl (C=O) groups is 1. The maximum atomic E-state index is 14.6. The highest BCUT2D eigenvalue weighted by Gasteiger charge is 2.32. The number of amides is 1. The summed E-state index contributed by atoms with van der Waals surface area (Å²) in [5.74, 6) is 0.410. The molecule has 1 aromatic heterocycles. The maximum Gasteiger partial charge on any atom is 0.253 e. The molecule has 0 bridgehead atoms. The molecule has 0 spiro atoms. The van der Waals surface area contributed by atoms with Crippen LogP contribution in [-0.4, -0.2) is 40.7 Å². The molecule has 2 aromatic rings. The van der Waals surface area contributed by atoms with Crippen LogP contribution in [0.2, 0.25) is 0 Å². The van der Waals surface area contributed by atoms with Crippen LogP contribution in [0.4, 0.5) is 10.1 Å². The monoisotopic (exact) mass is 399 g/mol. The third kappa shape index (κ3) is 4.22. The van der Waals surface area contributed by atoms with Gasteiger partial charge in [0.15, 0.2) is 0 Å². The number of halogens is 1.